The van der Waals surface area contributed by atoms with E-state index in [1.165, 1.54) is 0 Å². The predicted octanol–water partition coefficient (Wildman–Crippen LogP) is 5.19. The Morgan fingerprint density at radius 1 is 0.872 bits per heavy atom. The number of amides is 2. The molecule has 0 aliphatic carbocycles. The number of esters is 2. The summed E-state index contributed by atoms with van der Waals surface area (Å²) in [6.07, 6.45) is 1.29. The maximum absolute atomic E-state index is 13.6. The Morgan fingerprint density at radius 3 is 1.92 bits per heavy atom. The minimum atomic E-state index is -1.13. The van der Waals surface area contributed by atoms with E-state index in [9.17, 15) is 19.2 Å². The number of allylic oxidation sites excluding steroid dienone is 1. The van der Waals surface area contributed by atoms with Crippen molar-refractivity contribution in [3.8, 4) is 0 Å². The minimum Gasteiger partial charge on any atom is -0.458 e. The highest BCUT2D eigenvalue weighted by molar-refractivity contribution is 5.91. The highest BCUT2D eigenvalue weighted by Gasteiger charge is 2.35. The lowest BCUT2D eigenvalue weighted by molar-refractivity contribution is -0.159. The second-order valence-electron chi connectivity index (χ2n) is 11.9. The van der Waals surface area contributed by atoms with Gasteiger partial charge in [-0.15, -0.1) is 0 Å². The summed E-state index contributed by atoms with van der Waals surface area (Å²) in [5, 5.41) is 5.42. The average molecular weight is 547 g/mol. The van der Waals surface area contributed by atoms with E-state index in [-0.39, 0.29) is 12.5 Å². The van der Waals surface area contributed by atoms with Crippen LogP contribution in [0.2, 0.25) is 0 Å². The highest BCUT2D eigenvalue weighted by Crippen LogP contribution is 2.20. The molecule has 3 atom stereocenters. The number of alkyl carbamates (subject to hydrolysis) is 1. The van der Waals surface area contributed by atoms with Crippen LogP contribution in [-0.4, -0.2) is 53.8 Å². The summed E-state index contributed by atoms with van der Waals surface area (Å²) < 4.78 is 16.4. The van der Waals surface area contributed by atoms with Gasteiger partial charge < -0.3 is 24.8 Å². The molecule has 9 nitrogen and oxygen atoms in total. The number of rotatable bonds is 11. The van der Waals surface area contributed by atoms with E-state index in [0.29, 0.717) is 17.6 Å². The van der Waals surface area contributed by atoms with Crippen LogP contribution in [0, 0.1) is 11.8 Å². The van der Waals surface area contributed by atoms with Crippen molar-refractivity contribution in [2.75, 3.05) is 6.61 Å². The second kappa shape index (κ2) is 14.7. The quantitative estimate of drug-likeness (QED) is 0.223. The first-order valence-corrected chi connectivity index (χ1v) is 13.3. The molecule has 218 valence electrons. The molecule has 0 heterocycles. The number of ether oxygens (including phenoxy) is 3. The molecule has 0 bridgehead atoms. The van der Waals surface area contributed by atoms with Crippen LogP contribution >= 0.6 is 0 Å². The van der Waals surface area contributed by atoms with E-state index < -0.39 is 53.1 Å². The Morgan fingerprint density at radius 2 is 1.44 bits per heavy atom. The van der Waals surface area contributed by atoms with E-state index in [4.69, 9.17) is 14.2 Å². The third-order valence-corrected chi connectivity index (χ3v) is 5.50. The first-order chi connectivity index (χ1) is 17.9. The van der Waals surface area contributed by atoms with Crippen molar-refractivity contribution in [1.29, 1.82) is 0 Å². The molecule has 1 aromatic rings. The molecular formula is C30H46N2O7. The first kappa shape index (κ1) is 33.7. The lowest BCUT2D eigenvalue weighted by Gasteiger charge is -2.30. The SMILES string of the molecule is C/C=C(/COC(=O)c1ccccc1)[C@@H](C)[C@H](NC(=O)OC(C)(C)C)C(=O)N[C@@H](CC(C)C)C(=O)OC(C)(C)C. The smallest absolute Gasteiger partial charge is 0.408 e. The van der Waals surface area contributed by atoms with Crippen LogP contribution in [0.3, 0.4) is 0 Å². The number of hydrogen-bond acceptors (Lipinski definition) is 7. The summed E-state index contributed by atoms with van der Waals surface area (Å²) in [7, 11) is 0. The highest BCUT2D eigenvalue weighted by atomic mass is 16.6. The molecule has 0 unspecified atom stereocenters. The Balaban J connectivity index is 3.20. The first-order valence-electron chi connectivity index (χ1n) is 13.3. The molecule has 0 aliphatic rings. The molecule has 0 fully saturated rings. The lowest BCUT2D eigenvalue weighted by Crippen LogP contribution is -2.56. The number of carbonyl (C=O) groups is 4. The fourth-order valence-electron chi connectivity index (χ4n) is 3.67. The standard InChI is InChI=1S/C30H46N2O7/c1-11-21(18-37-26(34)22-15-13-12-14-16-22)20(4)24(32-28(36)39-30(8,9)10)25(33)31-23(17-19(2)3)27(35)38-29(5,6)7/h11-16,19-20,23-24H,17-18H2,1-10H3,(H,31,33)(H,32,36)/b21-11-/t20-,23+,24+/m1/s1. The van der Waals surface area contributed by atoms with Crippen LogP contribution in [0.15, 0.2) is 42.0 Å². The van der Waals surface area contributed by atoms with Gasteiger partial charge in [-0.3, -0.25) is 4.79 Å². The Labute approximate surface area is 233 Å². The van der Waals surface area contributed by atoms with Crippen LogP contribution < -0.4 is 10.6 Å². The molecular weight excluding hydrogens is 500 g/mol. The van der Waals surface area contributed by atoms with Gasteiger partial charge in [0.05, 0.1) is 5.56 Å². The summed E-state index contributed by atoms with van der Waals surface area (Å²) in [6, 6.07) is 6.51. The zero-order valence-corrected chi connectivity index (χ0v) is 25.0. The monoisotopic (exact) mass is 546 g/mol. The van der Waals surface area contributed by atoms with Gasteiger partial charge in [-0.1, -0.05) is 45.0 Å². The predicted molar refractivity (Wildman–Crippen MR) is 150 cm³/mol. The molecule has 9 heteroatoms. The van der Waals surface area contributed by atoms with E-state index >= 15 is 0 Å². The van der Waals surface area contributed by atoms with Crippen molar-refractivity contribution in [3.05, 3.63) is 47.5 Å². The molecule has 0 saturated heterocycles. The third kappa shape index (κ3) is 12.8. The van der Waals surface area contributed by atoms with Crippen molar-refractivity contribution in [1.82, 2.24) is 10.6 Å². The van der Waals surface area contributed by atoms with E-state index in [2.05, 4.69) is 10.6 Å². The zero-order chi connectivity index (χ0) is 30.0. The van der Waals surface area contributed by atoms with Gasteiger partial charge in [-0.05, 0) is 78.5 Å². The van der Waals surface area contributed by atoms with Gasteiger partial charge in [-0.2, -0.15) is 0 Å². The molecule has 0 aromatic heterocycles. The van der Waals surface area contributed by atoms with Crippen molar-refractivity contribution in [2.45, 2.75) is 98.9 Å². The maximum Gasteiger partial charge on any atom is 0.408 e. The molecule has 1 rings (SSSR count). The normalized spacial score (nSPS) is 14.6. The summed E-state index contributed by atoms with van der Waals surface area (Å²) in [6.45, 7) is 17.7. The molecule has 2 N–H and O–H groups in total. The zero-order valence-electron chi connectivity index (χ0n) is 25.0. The third-order valence-electron chi connectivity index (χ3n) is 5.50. The van der Waals surface area contributed by atoms with Gasteiger partial charge in [0.2, 0.25) is 5.91 Å². The molecule has 0 saturated carbocycles. The van der Waals surface area contributed by atoms with Crippen LogP contribution in [0.25, 0.3) is 0 Å². The molecule has 0 aliphatic heterocycles. The van der Waals surface area contributed by atoms with Crippen molar-refractivity contribution < 1.29 is 33.4 Å². The number of carbonyl (C=O) groups excluding carboxylic acids is 4. The number of nitrogens with one attached hydrogen (secondary N) is 2. The van der Waals surface area contributed by atoms with Crippen LogP contribution in [-0.2, 0) is 23.8 Å². The fourth-order valence-corrected chi connectivity index (χ4v) is 3.67. The Hall–Kier alpha value is -3.36. The maximum atomic E-state index is 13.6. The minimum absolute atomic E-state index is 0.0843. The largest absolute Gasteiger partial charge is 0.458 e. The van der Waals surface area contributed by atoms with Crippen LogP contribution in [0.1, 0.15) is 86.0 Å². The van der Waals surface area contributed by atoms with E-state index in [1.54, 1.807) is 91.8 Å². The molecule has 0 spiro atoms. The molecule has 0 radical (unpaired) electrons. The second-order valence-corrected chi connectivity index (χ2v) is 11.9. The lowest BCUT2D eigenvalue weighted by atomic mass is 9.92. The fraction of sp³-hybridized carbons (Fsp3) is 0.600. The summed E-state index contributed by atoms with van der Waals surface area (Å²) in [5.74, 6) is -2.18. The summed E-state index contributed by atoms with van der Waals surface area (Å²) >= 11 is 0. The van der Waals surface area contributed by atoms with Gasteiger partial charge in [0.1, 0.15) is 29.9 Å². The van der Waals surface area contributed by atoms with Crippen molar-refractivity contribution in [2.24, 2.45) is 11.8 Å². The van der Waals surface area contributed by atoms with Crippen molar-refractivity contribution in [3.63, 3.8) is 0 Å². The topological polar surface area (TPSA) is 120 Å². The average Bonchev–Trinajstić information content (AvgIpc) is 2.80. The van der Waals surface area contributed by atoms with Gasteiger partial charge in [0.25, 0.3) is 0 Å². The molecule has 39 heavy (non-hydrogen) atoms. The number of hydrogen-bond donors (Lipinski definition) is 2. The Bertz CT molecular complexity index is 1000. The summed E-state index contributed by atoms with van der Waals surface area (Å²) in [4.78, 5) is 51.7. The van der Waals surface area contributed by atoms with Gasteiger partial charge in [-0.25, -0.2) is 14.4 Å². The van der Waals surface area contributed by atoms with Gasteiger partial charge >= 0.3 is 18.0 Å². The summed E-state index contributed by atoms with van der Waals surface area (Å²) in [5.41, 5.74) is -0.525. The van der Waals surface area contributed by atoms with Gasteiger partial charge in [0, 0.05) is 5.92 Å². The van der Waals surface area contributed by atoms with Crippen LogP contribution in [0.5, 0.6) is 0 Å². The Kier molecular flexibility index (Phi) is 12.7. The number of benzene rings is 1. The van der Waals surface area contributed by atoms with Crippen LogP contribution in [0.4, 0.5) is 4.79 Å². The van der Waals surface area contributed by atoms with E-state index in [1.807, 2.05) is 13.8 Å². The van der Waals surface area contributed by atoms with E-state index in [0.717, 1.165) is 0 Å². The van der Waals surface area contributed by atoms with Crippen molar-refractivity contribution >= 4 is 23.9 Å². The van der Waals surface area contributed by atoms with Gasteiger partial charge in [0.15, 0.2) is 0 Å². The molecule has 1 aromatic carbocycles. The molecule has 2 amide bonds.